The zero-order chi connectivity index (χ0) is 17.0. The van der Waals surface area contributed by atoms with E-state index in [1.54, 1.807) is 36.3 Å². The maximum absolute atomic E-state index is 13.1. The van der Waals surface area contributed by atoms with E-state index in [4.69, 9.17) is 11.6 Å². The predicted molar refractivity (Wildman–Crippen MR) is 88.5 cm³/mol. The number of pyridine rings is 1. The molecule has 1 heterocycles. The van der Waals surface area contributed by atoms with Crippen LogP contribution in [0, 0.1) is 5.82 Å². The maximum Gasteiger partial charge on any atom is 0.244 e. The largest absolute Gasteiger partial charge is 0.340 e. The maximum atomic E-state index is 13.1. The van der Waals surface area contributed by atoms with Gasteiger partial charge in [-0.05, 0) is 43.4 Å². The van der Waals surface area contributed by atoms with Gasteiger partial charge in [0.25, 0.3) is 0 Å². The van der Waals surface area contributed by atoms with E-state index >= 15 is 0 Å². The van der Waals surface area contributed by atoms with Crippen molar-refractivity contribution in [3.05, 3.63) is 64.7 Å². The van der Waals surface area contributed by atoms with E-state index in [0.717, 1.165) is 11.1 Å². The summed E-state index contributed by atoms with van der Waals surface area (Å²) in [5, 5.41) is 0.417. The molecule has 1 aromatic heterocycles. The number of halogens is 2. The Hall–Kier alpha value is -1.98. The van der Waals surface area contributed by atoms with E-state index in [-0.39, 0.29) is 11.7 Å². The standard InChI is InChI=1S/C17H19ClFN3O/c1-21(2)16(13-5-7-14(19)8-6-13)17(23)22(3)11-12-4-9-15(18)20-10-12/h4-10,16H,11H2,1-3H3. The van der Waals surface area contributed by atoms with Crippen LogP contribution < -0.4 is 0 Å². The number of likely N-dealkylation sites (N-methyl/N-ethyl adjacent to an activating group) is 2. The minimum atomic E-state index is -0.471. The Morgan fingerprint density at radius 3 is 2.35 bits per heavy atom. The number of benzene rings is 1. The topological polar surface area (TPSA) is 36.4 Å². The molecule has 1 aromatic carbocycles. The Labute approximate surface area is 140 Å². The monoisotopic (exact) mass is 335 g/mol. The molecule has 0 aliphatic heterocycles. The fraction of sp³-hybridized carbons (Fsp3) is 0.294. The summed E-state index contributed by atoms with van der Waals surface area (Å²) in [6.45, 7) is 0.425. The zero-order valence-corrected chi connectivity index (χ0v) is 14.1. The Morgan fingerprint density at radius 2 is 1.83 bits per heavy atom. The second-order valence-electron chi connectivity index (χ2n) is 5.60. The van der Waals surface area contributed by atoms with Crippen molar-refractivity contribution in [2.75, 3.05) is 21.1 Å². The lowest BCUT2D eigenvalue weighted by Gasteiger charge is -2.28. The molecule has 1 atom stereocenters. The molecule has 0 bridgehead atoms. The van der Waals surface area contributed by atoms with Crippen molar-refractivity contribution in [1.29, 1.82) is 0 Å². The molecule has 1 amide bonds. The van der Waals surface area contributed by atoms with Gasteiger partial charge >= 0.3 is 0 Å². The Balaban J connectivity index is 2.16. The van der Waals surface area contributed by atoms with Crippen LogP contribution >= 0.6 is 11.6 Å². The molecule has 2 rings (SSSR count). The van der Waals surface area contributed by atoms with Crippen LogP contribution in [0.3, 0.4) is 0 Å². The van der Waals surface area contributed by atoms with E-state index in [9.17, 15) is 9.18 Å². The average Bonchev–Trinajstić information content (AvgIpc) is 2.51. The molecule has 23 heavy (non-hydrogen) atoms. The van der Waals surface area contributed by atoms with Crippen molar-refractivity contribution in [1.82, 2.24) is 14.8 Å². The highest BCUT2D eigenvalue weighted by Crippen LogP contribution is 2.22. The molecule has 0 radical (unpaired) electrons. The third-order valence-corrected chi connectivity index (χ3v) is 3.74. The van der Waals surface area contributed by atoms with Gasteiger partial charge in [0.15, 0.2) is 0 Å². The molecule has 0 saturated carbocycles. The number of aromatic nitrogens is 1. The molecular formula is C17H19ClFN3O. The first kappa shape index (κ1) is 17.4. The molecule has 0 fully saturated rings. The van der Waals surface area contributed by atoms with E-state index in [2.05, 4.69) is 4.98 Å². The summed E-state index contributed by atoms with van der Waals surface area (Å²) in [4.78, 5) is 20.2. The predicted octanol–water partition coefficient (Wildman–Crippen LogP) is 3.14. The fourth-order valence-corrected chi connectivity index (χ4v) is 2.48. The summed E-state index contributed by atoms with van der Waals surface area (Å²) in [5.74, 6) is -0.393. The van der Waals surface area contributed by atoms with Gasteiger partial charge in [0.05, 0.1) is 0 Å². The number of hydrogen-bond acceptors (Lipinski definition) is 3. The molecule has 0 N–H and O–H groups in total. The van der Waals surface area contributed by atoms with E-state index in [1.165, 1.54) is 12.1 Å². The van der Waals surface area contributed by atoms with Gasteiger partial charge in [0, 0.05) is 19.8 Å². The number of rotatable bonds is 5. The lowest BCUT2D eigenvalue weighted by atomic mass is 10.0. The van der Waals surface area contributed by atoms with Crippen molar-refractivity contribution in [2.45, 2.75) is 12.6 Å². The van der Waals surface area contributed by atoms with Gasteiger partial charge in [-0.2, -0.15) is 0 Å². The summed E-state index contributed by atoms with van der Waals surface area (Å²) >= 11 is 5.77. The zero-order valence-electron chi connectivity index (χ0n) is 13.3. The number of amides is 1. The SMILES string of the molecule is CN(Cc1ccc(Cl)nc1)C(=O)C(c1ccc(F)cc1)N(C)C. The third kappa shape index (κ3) is 4.50. The van der Waals surface area contributed by atoms with Gasteiger partial charge in [-0.15, -0.1) is 0 Å². The van der Waals surface area contributed by atoms with Crippen molar-refractivity contribution in [2.24, 2.45) is 0 Å². The summed E-state index contributed by atoms with van der Waals surface area (Å²) in [6, 6.07) is 9.05. The van der Waals surface area contributed by atoms with Gasteiger partial charge in [0.2, 0.25) is 5.91 Å². The van der Waals surface area contributed by atoms with Crippen LogP contribution in [0.2, 0.25) is 5.15 Å². The van der Waals surface area contributed by atoms with E-state index in [0.29, 0.717) is 11.7 Å². The summed E-state index contributed by atoms with van der Waals surface area (Å²) in [7, 11) is 5.38. The first-order chi connectivity index (χ1) is 10.9. The molecular weight excluding hydrogens is 317 g/mol. The van der Waals surface area contributed by atoms with Gasteiger partial charge in [-0.25, -0.2) is 9.37 Å². The molecule has 0 aliphatic rings. The normalized spacial score (nSPS) is 12.3. The third-order valence-electron chi connectivity index (χ3n) is 3.52. The quantitative estimate of drug-likeness (QED) is 0.788. The molecule has 0 spiro atoms. The molecule has 0 aliphatic carbocycles. The van der Waals surface area contributed by atoms with Crippen LogP contribution in [-0.4, -0.2) is 41.8 Å². The Bertz CT molecular complexity index is 659. The highest BCUT2D eigenvalue weighted by Gasteiger charge is 2.26. The van der Waals surface area contributed by atoms with E-state index < -0.39 is 6.04 Å². The number of nitrogens with zero attached hydrogens (tertiary/aromatic N) is 3. The van der Waals surface area contributed by atoms with Crippen LogP contribution in [0.15, 0.2) is 42.6 Å². The molecule has 1 unspecified atom stereocenters. The second-order valence-corrected chi connectivity index (χ2v) is 5.99. The fourth-order valence-electron chi connectivity index (χ4n) is 2.37. The van der Waals surface area contributed by atoms with Gasteiger partial charge in [-0.3, -0.25) is 9.69 Å². The van der Waals surface area contributed by atoms with Gasteiger partial charge in [-0.1, -0.05) is 29.8 Å². The summed E-state index contributed by atoms with van der Waals surface area (Å²) < 4.78 is 13.1. The Kier molecular flexibility index (Phi) is 5.69. The van der Waals surface area contributed by atoms with E-state index in [1.807, 2.05) is 25.1 Å². The Morgan fingerprint density at radius 1 is 1.17 bits per heavy atom. The summed E-state index contributed by atoms with van der Waals surface area (Å²) in [5.41, 5.74) is 1.64. The minimum absolute atomic E-state index is 0.0726. The minimum Gasteiger partial charge on any atom is -0.340 e. The first-order valence-electron chi connectivity index (χ1n) is 7.16. The van der Waals surface area contributed by atoms with Crippen molar-refractivity contribution >= 4 is 17.5 Å². The van der Waals surface area contributed by atoms with Crippen molar-refractivity contribution in [3.8, 4) is 0 Å². The van der Waals surface area contributed by atoms with Crippen LogP contribution in [0.5, 0.6) is 0 Å². The molecule has 6 heteroatoms. The van der Waals surface area contributed by atoms with Gasteiger partial charge in [0.1, 0.15) is 17.0 Å². The van der Waals surface area contributed by atoms with Crippen LogP contribution in [0.4, 0.5) is 4.39 Å². The molecule has 2 aromatic rings. The lowest BCUT2D eigenvalue weighted by molar-refractivity contribution is -0.135. The van der Waals surface area contributed by atoms with Crippen LogP contribution in [0.1, 0.15) is 17.2 Å². The second kappa shape index (κ2) is 7.53. The van der Waals surface area contributed by atoms with Crippen molar-refractivity contribution < 1.29 is 9.18 Å². The average molecular weight is 336 g/mol. The number of carbonyl (C=O) groups is 1. The highest BCUT2D eigenvalue weighted by atomic mass is 35.5. The van der Waals surface area contributed by atoms with Crippen LogP contribution in [-0.2, 0) is 11.3 Å². The molecule has 4 nitrogen and oxygen atoms in total. The number of hydrogen-bond donors (Lipinski definition) is 0. The van der Waals surface area contributed by atoms with Crippen molar-refractivity contribution in [3.63, 3.8) is 0 Å². The van der Waals surface area contributed by atoms with Gasteiger partial charge < -0.3 is 4.90 Å². The first-order valence-corrected chi connectivity index (χ1v) is 7.53. The smallest absolute Gasteiger partial charge is 0.244 e. The van der Waals surface area contributed by atoms with Crippen LogP contribution in [0.25, 0.3) is 0 Å². The molecule has 0 saturated heterocycles. The highest BCUT2D eigenvalue weighted by molar-refractivity contribution is 6.29. The molecule has 122 valence electrons. The lowest BCUT2D eigenvalue weighted by Crippen LogP contribution is -2.38. The summed E-state index contributed by atoms with van der Waals surface area (Å²) in [6.07, 6.45) is 1.65. The number of carbonyl (C=O) groups excluding carboxylic acids is 1.